The lowest BCUT2D eigenvalue weighted by Gasteiger charge is -2.14. The highest BCUT2D eigenvalue weighted by Gasteiger charge is 2.13. The first kappa shape index (κ1) is 15.1. The molecule has 0 spiro atoms. The van der Waals surface area contributed by atoms with Crippen molar-refractivity contribution in [3.63, 3.8) is 0 Å². The summed E-state index contributed by atoms with van der Waals surface area (Å²) in [6.07, 6.45) is 4.48. The van der Waals surface area contributed by atoms with Crippen molar-refractivity contribution in [2.45, 2.75) is 32.6 Å². The van der Waals surface area contributed by atoms with Gasteiger partial charge in [-0.3, -0.25) is 0 Å². The Morgan fingerprint density at radius 2 is 2.11 bits per heavy atom. The molecular weight excluding hydrogens is 244 g/mol. The average molecular weight is 266 g/mol. The van der Waals surface area contributed by atoms with Crippen molar-refractivity contribution >= 4 is 5.84 Å². The number of nitrogens with zero attached hydrogens (tertiary/aromatic N) is 1. The van der Waals surface area contributed by atoms with Crippen molar-refractivity contribution in [1.29, 1.82) is 0 Å². The Labute approximate surface area is 114 Å². The van der Waals surface area contributed by atoms with Gasteiger partial charge < -0.3 is 20.4 Å². The Bertz CT molecular complexity index is 419. The van der Waals surface area contributed by atoms with Crippen LogP contribution in [0.25, 0.3) is 0 Å². The molecule has 19 heavy (non-hydrogen) atoms. The molecule has 5 nitrogen and oxygen atoms in total. The molecule has 0 saturated heterocycles. The van der Waals surface area contributed by atoms with E-state index < -0.39 is 0 Å². The van der Waals surface area contributed by atoms with E-state index in [4.69, 9.17) is 20.4 Å². The molecule has 0 aliphatic heterocycles. The lowest BCUT2D eigenvalue weighted by atomic mass is 10.1. The van der Waals surface area contributed by atoms with Crippen LogP contribution in [0.15, 0.2) is 23.4 Å². The maximum Gasteiger partial charge on any atom is 0.173 e. The van der Waals surface area contributed by atoms with Crippen molar-refractivity contribution in [1.82, 2.24) is 0 Å². The first-order chi connectivity index (χ1) is 9.24. The molecular formula is C14H22N2O3. The maximum absolute atomic E-state index is 8.78. The van der Waals surface area contributed by atoms with E-state index >= 15 is 0 Å². The van der Waals surface area contributed by atoms with Crippen LogP contribution < -0.4 is 15.2 Å². The summed E-state index contributed by atoms with van der Waals surface area (Å²) in [4.78, 5) is 0. The second kappa shape index (κ2) is 8.24. The van der Waals surface area contributed by atoms with Gasteiger partial charge in [-0.2, -0.15) is 0 Å². The first-order valence-corrected chi connectivity index (χ1v) is 6.52. The van der Waals surface area contributed by atoms with E-state index in [0.29, 0.717) is 23.7 Å². The van der Waals surface area contributed by atoms with Crippen LogP contribution in [-0.2, 0) is 0 Å². The highest BCUT2D eigenvalue weighted by molar-refractivity contribution is 6.00. The number of rotatable bonds is 8. The number of ether oxygens (including phenoxy) is 2. The summed E-state index contributed by atoms with van der Waals surface area (Å²) >= 11 is 0. The Balaban J connectivity index is 2.78. The van der Waals surface area contributed by atoms with E-state index in [2.05, 4.69) is 12.1 Å². The fraction of sp³-hybridized carbons (Fsp3) is 0.500. The molecule has 1 aromatic rings. The van der Waals surface area contributed by atoms with Gasteiger partial charge in [0.1, 0.15) is 0 Å². The standard InChI is InChI=1S/C14H22N2O3/c1-3-4-5-6-10-19-13-11(14(15)16-17)8-7-9-12(13)18-2/h7-9,17H,3-6,10H2,1-2H3,(H2,15,16). The molecule has 3 N–H and O–H groups in total. The SMILES string of the molecule is CCCCCCOc1c(OC)cccc1/C(N)=N/O. The second-order valence-electron chi connectivity index (χ2n) is 4.23. The predicted molar refractivity (Wildman–Crippen MR) is 75.1 cm³/mol. The minimum atomic E-state index is 0.0162. The van der Waals surface area contributed by atoms with Gasteiger partial charge in [0.05, 0.1) is 19.3 Å². The number of hydrogen-bond donors (Lipinski definition) is 2. The van der Waals surface area contributed by atoms with Gasteiger partial charge in [-0.25, -0.2) is 0 Å². The second-order valence-corrected chi connectivity index (χ2v) is 4.23. The lowest BCUT2D eigenvalue weighted by molar-refractivity contribution is 0.283. The van der Waals surface area contributed by atoms with Gasteiger partial charge in [-0.05, 0) is 18.6 Å². The number of hydrogen-bond acceptors (Lipinski definition) is 4. The molecule has 0 aromatic heterocycles. The molecule has 0 fully saturated rings. The Morgan fingerprint density at radius 3 is 2.74 bits per heavy atom. The fourth-order valence-corrected chi connectivity index (χ4v) is 1.78. The molecule has 0 amide bonds. The van der Waals surface area contributed by atoms with Crippen LogP contribution in [0, 0.1) is 0 Å². The van der Waals surface area contributed by atoms with Gasteiger partial charge in [0.2, 0.25) is 0 Å². The van der Waals surface area contributed by atoms with Gasteiger partial charge in [-0.1, -0.05) is 37.4 Å². The molecule has 0 aliphatic carbocycles. The molecule has 1 rings (SSSR count). The van der Waals surface area contributed by atoms with Crippen LogP contribution in [0.1, 0.15) is 38.2 Å². The summed E-state index contributed by atoms with van der Waals surface area (Å²) < 4.78 is 11.0. The monoisotopic (exact) mass is 266 g/mol. The summed E-state index contributed by atoms with van der Waals surface area (Å²) in [5.74, 6) is 1.12. The zero-order valence-corrected chi connectivity index (χ0v) is 11.6. The third-order valence-electron chi connectivity index (χ3n) is 2.83. The van der Waals surface area contributed by atoms with E-state index in [9.17, 15) is 0 Å². The van der Waals surface area contributed by atoms with Crippen molar-refractivity contribution in [2.24, 2.45) is 10.9 Å². The fourth-order valence-electron chi connectivity index (χ4n) is 1.78. The van der Waals surface area contributed by atoms with Crippen LogP contribution in [0.4, 0.5) is 0 Å². The molecule has 0 heterocycles. The normalized spacial score (nSPS) is 11.4. The largest absolute Gasteiger partial charge is 0.493 e. The van der Waals surface area contributed by atoms with Crippen LogP contribution in [-0.4, -0.2) is 24.8 Å². The van der Waals surface area contributed by atoms with Gasteiger partial charge in [0, 0.05) is 0 Å². The summed E-state index contributed by atoms with van der Waals surface area (Å²) in [5, 5.41) is 11.8. The Morgan fingerprint density at radius 1 is 1.32 bits per heavy atom. The summed E-state index contributed by atoms with van der Waals surface area (Å²) in [7, 11) is 1.56. The van der Waals surface area contributed by atoms with Crippen LogP contribution in [0.2, 0.25) is 0 Å². The molecule has 0 saturated carbocycles. The third-order valence-corrected chi connectivity index (χ3v) is 2.83. The third kappa shape index (κ3) is 4.35. The van der Waals surface area contributed by atoms with Gasteiger partial charge >= 0.3 is 0 Å². The summed E-state index contributed by atoms with van der Waals surface area (Å²) in [5.41, 5.74) is 6.17. The van der Waals surface area contributed by atoms with Crippen molar-refractivity contribution in [3.8, 4) is 11.5 Å². The number of amidine groups is 1. The molecule has 0 radical (unpaired) electrons. The average Bonchev–Trinajstić information content (AvgIpc) is 2.46. The van der Waals surface area contributed by atoms with Crippen molar-refractivity contribution in [3.05, 3.63) is 23.8 Å². The van der Waals surface area contributed by atoms with E-state index in [0.717, 1.165) is 12.8 Å². The van der Waals surface area contributed by atoms with E-state index in [1.54, 1.807) is 25.3 Å². The van der Waals surface area contributed by atoms with E-state index in [1.807, 2.05) is 0 Å². The summed E-state index contributed by atoms with van der Waals surface area (Å²) in [6.45, 7) is 2.75. The smallest absolute Gasteiger partial charge is 0.173 e. The van der Waals surface area contributed by atoms with Gasteiger partial charge in [-0.15, -0.1) is 0 Å². The van der Waals surface area contributed by atoms with Crippen molar-refractivity contribution in [2.75, 3.05) is 13.7 Å². The molecule has 1 aromatic carbocycles. The molecule has 0 unspecified atom stereocenters. The van der Waals surface area contributed by atoms with Crippen LogP contribution >= 0.6 is 0 Å². The van der Waals surface area contributed by atoms with Crippen molar-refractivity contribution < 1.29 is 14.7 Å². The quantitative estimate of drug-likeness (QED) is 0.249. The number of oxime groups is 1. The van der Waals surface area contributed by atoms with Crippen LogP contribution in [0.5, 0.6) is 11.5 Å². The molecule has 5 heteroatoms. The number of unbranched alkanes of at least 4 members (excludes halogenated alkanes) is 3. The number of methoxy groups -OCH3 is 1. The Hall–Kier alpha value is -1.91. The number of para-hydroxylation sites is 1. The Kier molecular flexibility index (Phi) is 6.57. The molecule has 0 atom stereocenters. The van der Waals surface area contributed by atoms with Gasteiger partial charge in [0.15, 0.2) is 17.3 Å². The van der Waals surface area contributed by atoms with E-state index in [1.165, 1.54) is 12.8 Å². The minimum absolute atomic E-state index is 0.0162. The predicted octanol–water partition coefficient (Wildman–Crippen LogP) is 2.75. The lowest BCUT2D eigenvalue weighted by Crippen LogP contribution is -2.15. The zero-order valence-electron chi connectivity index (χ0n) is 11.6. The van der Waals surface area contributed by atoms with E-state index in [-0.39, 0.29) is 5.84 Å². The zero-order chi connectivity index (χ0) is 14.1. The highest BCUT2D eigenvalue weighted by Crippen LogP contribution is 2.31. The highest BCUT2D eigenvalue weighted by atomic mass is 16.5. The summed E-state index contributed by atoms with van der Waals surface area (Å²) in [6, 6.07) is 5.30. The maximum atomic E-state index is 8.78. The molecule has 0 aliphatic rings. The number of benzene rings is 1. The topological polar surface area (TPSA) is 77.1 Å². The molecule has 0 bridgehead atoms. The molecule has 106 valence electrons. The first-order valence-electron chi connectivity index (χ1n) is 6.52. The number of nitrogens with two attached hydrogens (primary N) is 1. The van der Waals surface area contributed by atoms with Crippen LogP contribution in [0.3, 0.4) is 0 Å². The minimum Gasteiger partial charge on any atom is -0.493 e. The van der Waals surface area contributed by atoms with Gasteiger partial charge in [0.25, 0.3) is 0 Å².